The molecular formula is C25H24F5NO7S. The average Bonchev–Trinajstić information content (AvgIpc) is 3.03. The molecule has 2 aliphatic rings. The van der Waals surface area contributed by atoms with Crippen molar-refractivity contribution in [2.45, 2.75) is 56.7 Å². The third-order valence-electron chi connectivity index (χ3n) is 6.49. The van der Waals surface area contributed by atoms with Gasteiger partial charge in [-0.25, -0.2) is 18.4 Å². The molecule has 0 N–H and O–H groups in total. The summed E-state index contributed by atoms with van der Waals surface area (Å²) in [4.78, 5) is 27.0. The summed E-state index contributed by atoms with van der Waals surface area (Å²) in [5.74, 6) is -4.94. The summed E-state index contributed by atoms with van der Waals surface area (Å²) >= 11 is 0. The lowest BCUT2D eigenvalue weighted by atomic mass is 9.71. The van der Waals surface area contributed by atoms with Crippen LogP contribution in [0.15, 0.2) is 30.3 Å². The first-order chi connectivity index (χ1) is 17.8. The number of likely N-dealkylation sites (tertiary alicyclic amines) is 1. The Hall–Kier alpha value is -3.42. The summed E-state index contributed by atoms with van der Waals surface area (Å²) in [5.41, 5.74) is -7.63. The Labute approximate surface area is 220 Å². The van der Waals surface area contributed by atoms with E-state index in [9.17, 15) is 40.0 Å². The standard InChI is InChI=1S/C25H24F5NO7S/c1-13-9-14(38-39(34,35)25(28,29)30)5-6-15(13)18-12-31(22(33)37-23(2,3)4)8-7-24(18)17-11-20(27)19(26)10-16(17)21(32)36-24/h5-6,9-11,18H,7-8,12H2,1-4H3/t18-,24+/m1/s1. The maximum atomic E-state index is 14.4. The minimum atomic E-state index is -5.94. The zero-order valence-electron chi connectivity index (χ0n) is 21.2. The lowest BCUT2D eigenvalue weighted by molar-refractivity contribution is -0.0613. The van der Waals surface area contributed by atoms with Crippen LogP contribution in [0.25, 0.3) is 0 Å². The van der Waals surface area contributed by atoms with Crippen molar-refractivity contribution in [3.63, 3.8) is 0 Å². The lowest BCUT2D eigenvalue weighted by Gasteiger charge is -2.45. The number of fused-ring (bicyclic) bond motifs is 2. The van der Waals surface area contributed by atoms with Crippen LogP contribution in [0.3, 0.4) is 0 Å². The van der Waals surface area contributed by atoms with Gasteiger partial charge in [0.15, 0.2) is 11.6 Å². The number of carbonyl (C=O) groups excluding carboxylic acids is 2. The number of aryl methyl sites for hydroxylation is 1. The molecule has 2 aliphatic heterocycles. The Kier molecular flexibility index (Phi) is 6.85. The Morgan fingerprint density at radius 3 is 2.33 bits per heavy atom. The van der Waals surface area contributed by atoms with Gasteiger partial charge in [0.25, 0.3) is 0 Å². The van der Waals surface area contributed by atoms with Gasteiger partial charge in [0.2, 0.25) is 0 Å². The number of esters is 1. The van der Waals surface area contributed by atoms with Gasteiger partial charge < -0.3 is 18.6 Å². The fraction of sp³-hybridized carbons (Fsp3) is 0.440. The molecule has 0 unspecified atom stereocenters. The van der Waals surface area contributed by atoms with Crippen molar-refractivity contribution < 1.29 is 53.6 Å². The average molecular weight is 578 g/mol. The summed E-state index contributed by atoms with van der Waals surface area (Å²) < 4.78 is 105. The zero-order chi connectivity index (χ0) is 29.1. The number of piperidine rings is 1. The van der Waals surface area contributed by atoms with Crippen molar-refractivity contribution in [3.8, 4) is 5.75 Å². The molecular weight excluding hydrogens is 553 g/mol. The SMILES string of the molecule is Cc1cc(OS(=O)(=O)C(F)(F)F)ccc1[C@H]1CN(C(=O)OC(C)(C)C)CC[C@@]12OC(=O)c1cc(F)c(F)cc12. The quantitative estimate of drug-likeness (QED) is 0.212. The number of amides is 1. The first-order valence-electron chi connectivity index (χ1n) is 11.7. The van der Waals surface area contributed by atoms with E-state index in [4.69, 9.17) is 9.47 Å². The largest absolute Gasteiger partial charge is 0.534 e. The van der Waals surface area contributed by atoms with Crippen LogP contribution in [0.4, 0.5) is 26.7 Å². The number of alkyl halides is 3. The van der Waals surface area contributed by atoms with Gasteiger partial charge in [-0.15, -0.1) is 0 Å². The van der Waals surface area contributed by atoms with Crippen molar-refractivity contribution in [1.82, 2.24) is 4.90 Å². The highest BCUT2D eigenvalue weighted by atomic mass is 32.2. The first kappa shape index (κ1) is 28.6. The van der Waals surface area contributed by atoms with E-state index < -0.39 is 62.2 Å². The van der Waals surface area contributed by atoms with E-state index in [0.717, 1.165) is 24.3 Å². The molecule has 2 aromatic rings. The van der Waals surface area contributed by atoms with Gasteiger partial charge in [-0.1, -0.05) is 6.07 Å². The predicted octanol–water partition coefficient (Wildman–Crippen LogP) is 5.29. The minimum Gasteiger partial charge on any atom is -0.450 e. The van der Waals surface area contributed by atoms with Crippen molar-refractivity contribution >= 4 is 22.2 Å². The van der Waals surface area contributed by atoms with E-state index in [1.165, 1.54) is 17.9 Å². The molecule has 2 atom stereocenters. The molecule has 14 heteroatoms. The molecule has 1 spiro atoms. The second kappa shape index (κ2) is 9.35. The normalized spacial score (nSPS) is 21.5. The fourth-order valence-corrected chi connectivity index (χ4v) is 5.28. The lowest BCUT2D eigenvalue weighted by Crippen LogP contribution is -2.51. The maximum absolute atomic E-state index is 14.4. The van der Waals surface area contributed by atoms with Gasteiger partial charge in [-0.05, 0) is 63.1 Å². The summed E-state index contributed by atoms with van der Waals surface area (Å²) in [6.45, 7) is 6.32. The molecule has 2 aromatic carbocycles. The van der Waals surface area contributed by atoms with Gasteiger partial charge in [0.1, 0.15) is 17.0 Å². The van der Waals surface area contributed by atoms with E-state index in [-0.39, 0.29) is 36.2 Å². The molecule has 212 valence electrons. The van der Waals surface area contributed by atoms with Crippen molar-refractivity contribution in [2.24, 2.45) is 0 Å². The molecule has 0 aromatic heterocycles. The van der Waals surface area contributed by atoms with Gasteiger partial charge in [0, 0.05) is 31.0 Å². The highest BCUT2D eigenvalue weighted by molar-refractivity contribution is 7.88. The third kappa shape index (κ3) is 5.25. The Balaban J connectivity index is 1.80. The highest BCUT2D eigenvalue weighted by Crippen LogP contribution is 2.52. The molecule has 0 saturated carbocycles. The molecule has 39 heavy (non-hydrogen) atoms. The third-order valence-corrected chi connectivity index (χ3v) is 7.47. The van der Waals surface area contributed by atoms with Crippen LogP contribution in [0.2, 0.25) is 0 Å². The number of hydrogen-bond acceptors (Lipinski definition) is 7. The van der Waals surface area contributed by atoms with E-state index >= 15 is 0 Å². The summed E-state index contributed by atoms with van der Waals surface area (Å²) in [6.07, 6.45) is -0.730. The van der Waals surface area contributed by atoms with Crippen LogP contribution in [0.5, 0.6) is 5.75 Å². The number of halogens is 5. The van der Waals surface area contributed by atoms with Gasteiger partial charge in [0.05, 0.1) is 5.56 Å². The zero-order valence-corrected chi connectivity index (χ0v) is 22.0. The molecule has 4 rings (SSSR count). The molecule has 0 aliphatic carbocycles. The molecule has 1 amide bonds. The number of hydrogen-bond donors (Lipinski definition) is 0. The monoisotopic (exact) mass is 577 g/mol. The molecule has 1 fully saturated rings. The van der Waals surface area contributed by atoms with Crippen LogP contribution in [0, 0.1) is 18.6 Å². The van der Waals surface area contributed by atoms with Crippen LogP contribution in [0.1, 0.15) is 60.2 Å². The van der Waals surface area contributed by atoms with E-state index in [1.807, 2.05) is 0 Å². The van der Waals surface area contributed by atoms with Gasteiger partial charge in [-0.2, -0.15) is 21.6 Å². The predicted molar refractivity (Wildman–Crippen MR) is 125 cm³/mol. The van der Waals surface area contributed by atoms with Crippen LogP contribution < -0.4 is 4.18 Å². The van der Waals surface area contributed by atoms with Crippen LogP contribution in [-0.2, 0) is 25.2 Å². The van der Waals surface area contributed by atoms with Crippen LogP contribution >= 0.6 is 0 Å². The first-order valence-corrected chi connectivity index (χ1v) is 13.1. The number of rotatable bonds is 3. The van der Waals surface area contributed by atoms with Gasteiger partial charge in [-0.3, -0.25) is 0 Å². The van der Waals surface area contributed by atoms with E-state index in [0.29, 0.717) is 5.56 Å². The minimum absolute atomic E-state index is 0.0151. The second-order valence-corrected chi connectivity index (χ2v) is 11.9. The fourth-order valence-electron chi connectivity index (χ4n) is 4.83. The molecule has 1 saturated heterocycles. The number of ether oxygens (including phenoxy) is 2. The van der Waals surface area contributed by atoms with E-state index in [2.05, 4.69) is 4.18 Å². The molecule has 0 radical (unpaired) electrons. The second-order valence-electron chi connectivity index (χ2n) is 10.3. The van der Waals surface area contributed by atoms with E-state index in [1.54, 1.807) is 20.8 Å². The number of benzene rings is 2. The van der Waals surface area contributed by atoms with Crippen molar-refractivity contribution in [3.05, 3.63) is 64.2 Å². The van der Waals surface area contributed by atoms with Gasteiger partial charge >= 0.3 is 27.7 Å². The van der Waals surface area contributed by atoms with Crippen molar-refractivity contribution in [2.75, 3.05) is 13.1 Å². The maximum Gasteiger partial charge on any atom is 0.534 e. The molecule has 2 heterocycles. The Bertz CT molecular complexity index is 1450. The summed E-state index contributed by atoms with van der Waals surface area (Å²) in [6, 6.07) is 4.88. The van der Waals surface area contributed by atoms with Crippen molar-refractivity contribution in [1.29, 1.82) is 0 Å². The Morgan fingerprint density at radius 2 is 1.74 bits per heavy atom. The summed E-state index contributed by atoms with van der Waals surface area (Å²) in [7, 11) is -5.94. The topological polar surface area (TPSA) is 99.2 Å². The number of carbonyl (C=O) groups is 2. The highest BCUT2D eigenvalue weighted by Gasteiger charge is 2.56. The Morgan fingerprint density at radius 1 is 1.10 bits per heavy atom. The number of nitrogens with zero attached hydrogens (tertiary/aromatic N) is 1. The molecule has 0 bridgehead atoms. The summed E-state index contributed by atoms with van der Waals surface area (Å²) in [5, 5.41) is 0. The molecule has 8 nitrogen and oxygen atoms in total. The smallest absolute Gasteiger partial charge is 0.450 e. The van der Waals surface area contributed by atoms with Crippen LogP contribution in [-0.4, -0.2) is 49.6 Å².